The summed E-state index contributed by atoms with van der Waals surface area (Å²) in [4.78, 5) is 16.4. The van der Waals surface area contributed by atoms with Gasteiger partial charge in [-0.25, -0.2) is 4.98 Å². The molecule has 0 unspecified atom stereocenters. The molecule has 0 bridgehead atoms. The van der Waals surface area contributed by atoms with Gasteiger partial charge in [0.25, 0.3) is 0 Å². The van der Waals surface area contributed by atoms with Crippen molar-refractivity contribution in [2.24, 2.45) is 5.92 Å². The minimum Gasteiger partial charge on any atom is -0.458 e. The van der Waals surface area contributed by atoms with Gasteiger partial charge in [0.1, 0.15) is 11.6 Å². The number of esters is 1. The molecular weight excluding hydrogens is 270 g/mol. The monoisotopic (exact) mass is 287 g/mol. The Hall–Kier alpha value is -1.68. The van der Waals surface area contributed by atoms with Crippen molar-refractivity contribution in [3.63, 3.8) is 0 Å². The minimum atomic E-state index is -0.0565. The lowest BCUT2D eigenvalue weighted by atomic mass is 10.1. The smallest absolute Gasteiger partial charge is 0.309 e. The highest BCUT2D eigenvalue weighted by Gasteiger charge is 2.24. The van der Waals surface area contributed by atoms with Crippen LogP contribution in [0, 0.1) is 5.92 Å². The molecule has 0 N–H and O–H groups in total. The predicted molar refractivity (Wildman–Crippen MR) is 79.3 cm³/mol. The molecule has 4 heteroatoms. The van der Waals surface area contributed by atoms with Gasteiger partial charge >= 0.3 is 5.97 Å². The molecule has 0 radical (unpaired) electrons. The van der Waals surface area contributed by atoms with Gasteiger partial charge in [-0.15, -0.1) is 11.3 Å². The molecule has 0 spiro atoms. The maximum Gasteiger partial charge on any atom is 0.309 e. The molecule has 104 valence electrons. The third kappa shape index (κ3) is 3.07. The Morgan fingerprint density at radius 1 is 1.25 bits per heavy atom. The summed E-state index contributed by atoms with van der Waals surface area (Å²) in [5.74, 6) is 0.0579. The molecule has 0 aliphatic heterocycles. The number of carbonyl (C=O) groups is 1. The minimum absolute atomic E-state index is 0.0565. The Labute approximate surface area is 122 Å². The summed E-state index contributed by atoms with van der Waals surface area (Å²) in [6.07, 6.45) is 4.25. The fourth-order valence-electron chi connectivity index (χ4n) is 2.53. The van der Waals surface area contributed by atoms with Crippen LogP contribution in [0.5, 0.6) is 0 Å². The van der Waals surface area contributed by atoms with Crippen LogP contribution in [0.4, 0.5) is 0 Å². The first-order valence-corrected chi connectivity index (χ1v) is 7.87. The average Bonchev–Trinajstić information content (AvgIpc) is 3.17. The Morgan fingerprint density at radius 3 is 2.75 bits per heavy atom. The van der Waals surface area contributed by atoms with Crippen molar-refractivity contribution in [3.8, 4) is 11.3 Å². The van der Waals surface area contributed by atoms with Gasteiger partial charge in [0.2, 0.25) is 0 Å². The van der Waals surface area contributed by atoms with E-state index in [9.17, 15) is 4.79 Å². The number of benzene rings is 1. The van der Waals surface area contributed by atoms with E-state index in [0.29, 0.717) is 6.61 Å². The zero-order valence-electron chi connectivity index (χ0n) is 11.2. The van der Waals surface area contributed by atoms with Crippen LogP contribution in [0.15, 0.2) is 35.7 Å². The molecule has 2 aromatic rings. The summed E-state index contributed by atoms with van der Waals surface area (Å²) in [7, 11) is 0. The maximum atomic E-state index is 11.9. The fourth-order valence-corrected chi connectivity index (χ4v) is 3.25. The first-order chi connectivity index (χ1) is 9.83. The summed E-state index contributed by atoms with van der Waals surface area (Å²) in [5, 5.41) is 2.86. The van der Waals surface area contributed by atoms with E-state index in [0.717, 1.165) is 41.9 Å². The lowest BCUT2D eigenvalue weighted by molar-refractivity contribution is -0.149. The van der Waals surface area contributed by atoms with E-state index in [1.165, 1.54) is 0 Å². The third-order valence-electron chi connectivity index (χ3n) is 3.65. The van der Waals surface area contributed by atoms with E-state index in [2.05, 4.69) is 4.98 Å². The summed E-state index contributed by atoms with van der Waals surface area (Å²) in [6.45, 7) is 0.298. The number of ether oxygens (including phenoxy) is 1. The molecule has 1 heterocycles. The lowest BCUT2D eigenvalue weighted by Crippen LogP contribution is -2.14. The second kappa shape index (κ2) is 6.18. The largest absolute Gasteiger partial charge is 0.458 e. The van der Waals surface area contributed by atoms with Crippen molar-refractivity contribution in [2.75, 3.05) is 0 Å². The number of carbonyl (C=O) groups excluding carboxylic acids is 1. The predicted octanol–water partition coefficient (Wildman–Crippen LogP) is 4.04. The molecule has 1 fully saturated rings. The molecule has 3 rings (SSSR count). The standard InChI is InChI=1S/C16H17NO2S/c18-16(13-8-4-5-9-13)19-10-15-17-14(11-20-15)12-6-2-1-3-7-12/h1-3,6-7,11,13H,4-5,8-10H2. The van der Waals surface area contributed by atoms with Gasteiger partial charge in [-0.05, 0) is 12.8 Å². The average molecular weight is 287 g/mol. The van der Waals surface area contributed by atoms with Crippen molar-refractivity contribution in [2.45, 2.75) is 32.3 Å². The van der Waals surface area contributed by atoms with Crippen molar-refractivity contribution >= 4 is 17.3 Å². The van der Waals surface area contributed by atoms with Crippen molar-refractivity contribution < 1.29 is 9.53 Å². The first kappa shape index (κ1) is 13.3. The zero-order valence-corrected chi connectivity index (χ0v) is 12.1. The first-order valence-electron chi connectivity index (χ1n) is 6.99. The van der Waals surface area contributed by atoms with Gasteiger partial charge in [0, 0.05) is 10.9 Å². The van der Waals surface area contributed by atoms with E-state index in [4.69, 9.17) is 4.74 Å². The SMILES string of the molecule is O=C(OCc1nc(-c2ccccc2)cs1)C1CCCC1. The van der Waals surface area contributed by atoms with E-state index < -0.39 is 0 Å². The highest BCUT2D eigenvalue weighted by atomic mass is 32.1. The van der Waals surface area contributed by atoms with E-state index in [1.807, 2.05) is 35.7 Å². The molecule has 1 aromatic carbocycles. The van der Waals surface area contributed by atoms with Crippen molar-refractivity contribution in [1.29, 1.82) is 0 Å². The molecule has 0 atom stereocenters. The molecule has 0 saturated heterocycles. The van der Waals surface area contributed by atoms with Gasteiger partial charge in [0.15, 0.2) is 0 Å². The second-order valence-electron chi connectivity index (χ2n) is 5.08. The quantitative estimate of drug-likeness (QED) is 0.797. The molecule has 20 heavy (non-hydrogen) atoms. The third-order valence-corrected chi connectivity index (χ3v) is 4.47. The number of aromatic nitrogens is 1. The van der Waals surface area contributed by atoms with Crippen LogP contribution in [0.1, 0.15) is 30.7 Å². The molecular formula is C16H17NO2S. The Morgan fingerprint density at radius 2 is 2.00 bits per heavy atom. The Bertz CT molecular complexity index is 573. The fraction of sp³-hybridized carbons (Fsp3) is 0.375. The van der Waals surface area contributed by atoms with Crippen molar-refractivity contribution in [1.82, 2.24) is 4.98 Å². The van der Waals surface area contributed by atoms with E-state index >= 15 is 0 Å². The van der Waals surface area contributed by atoms with Crippen LogP contribution in [-0.4, -0.2) is 11.0 Å². The Kier molecular flexibility index (Phi) is 4.11. The highest BCUT2D eigenvalue weighted by molar-refractivity contribution is 7.09. The Balaban J connectivity index is 1.59. The summed E-state index contributed by atoms with van der Waals surface area (Å²) in [6, 6.07) is 10.0. The maximum absolute atomic E-state index is 11.9. The van der Waals surface area contributed by atoms with Gasteiger partial charge in [-0.2, -0.15) is 0 Å². The van der Waals surface area contributed by atoms with E-state index in [-0.39, 0.29) is 11.9 Å². The van der Waals surface area contributed by atoms with Crippen molar-refractivity contribution in [3.05, 3.63) is 40.7 Å². The summed E-state index contributed by atoms with van der Waals surface area (Å²) >= 11 is 1.54. The van der Waals surface area contributed by atoms with Crippen LogP contribution in [-0.2, 0) is 16.1 Å². The molecule has 1 aromatic heterocycles. The van der Waals surface area contributed by atoms with Gasteiger partial charge < -0.3 is 4.74 Å². The van der Waals surface area contributed by atoms with Crippen LogP contribution >= 0.6 is 11.3 Å². The van der Waals surface area contributed by atoms with Crippen LogP contribution in [0.2, 0.25) is 0 Å². The number of nitrogens with zero attached hydrogens (tertiary/aromatic N) is 1. The molecule has 3 nitrogen and oxygen atoms in total. The van der Waals surface area contributed by atoms with Crippen LogP contribution in [0.3, 0.4) is 0 Å². The van der Waals surface area contributed by atoms with Crippen LogP contribution in [0.25, 0.3) is 11.3 Å². The van der Waals surface area contributed by atoms with E-state index in [1.54, 1.807) is 11.3 Å². The second-order valence-corrected chi connectivity index (χ2v) is 6.02. The number of hydrogen-bond donors (Lipinski definition) is 0. The normalized spacial score (nSPS) is 15.4. The zero-order chi connectivity index (χ0) is 13.8. The lowest BCUT2D eigenvalue weighted by Gasteiger charge is -2.07. The molecule has 1 aliphatic carbocycles. The van der Waals surface area contributed by atoms with Crippen LogP contribution < -0.4 is 0 Å². The topological polar surface area (TPSA) is 39.2 Å². The van der Waals surface area contributed by atoms with Gasteiger partial charge in [-0.3, -0.25) is 4.79 Å². The van der Waals surface area contributed by atoms with Gasteiger partial charge in [-0.1, -0.05) is 43.2 Å². The highest BCUT2D eigenvalue weighted by Crippen LogP contribution is 2.27. The number of rotatable bonds is 4. The molecule has 0 amide bonds. The van der Waals surface area contributed by atoms with Gasteiger partial charge in [0.05, 0.1) is 11.6 Å². The molecule has 1 aliphatic rings. The summed E-state index contributed by atoms with van der Waals surface area (Å²) < 4.78 is 5.37. The summed E-state index contributed by atoms with van der Waals surface area (Å²) in [5.41, 5.74) is 2.04. The number of hydrogen-bond acceptors (Lipinski definition) is 4. The number of thiazole rings is 1. The molecule has 1 saturated carbocycles.